The molecule has 1 amide bonds. The molecule has 0 radical (unpaired) electrons. The third kappa shape index (κ3) is 2.90. The average molecular weight is 376 g/mol. The number of carbonyl (C=O) groups excluding carboxylic acids is 1. The predicted molar refractivity (Wildman–Crippen MR) is 102 cm³/mol. The maximum absolute atomic E-state index is 13.1. The number of thiazole rings is 1. The molecule has 1 fully saturated rings. The van der Waals surface area contributed by atoms with E-state index >= 15 is 0 Å². The van der Waals surface area contributed by atoms with E-state index in [9.17, 15) is 4.79 Å². The monoisotopic (exact) mass is 376 g/mol. The van der Waals surface area contributed by atoms with E-state index in [1.54, 1.807) is 11.3 Å². The van der Waals surface area contributed by atoms with Crippen LogP contribution >= 0.6 is 11.3 Å². The SMILES string of the molecule is O=C(c1ccc(-c2nnco2)cc1)N1CCCC1c1nc2ccccc2s1. The molecule has 27 heavy (non-hydrogen) atoms. The van der Waals surface area contributed by atoms with Crippen molar-refractivity contribution in [1.82, 2.24) is 20.1 Å². The summed E-state index contributed by atoms with van der Waals surface area (Å²) in [5.41, 5.74) is 2.46. The summed E-state index contributed by atoms with van der Waals surface area (Å²) in [5, 5.41) is 8.59. The highest BCUT2D eigenvalue weighted by atomic mass is 32.1. The summed E-state index contributed by atoms with van der Waals surface area (Å²) < 4.78 is 6.36. The van der Waals surface area contributed by atoms with Crippen LogP contribution in [0.25, 0.3) is 21.7 Å². The van der Waals surface area contributed by atoms with E-state index in [1.807, 2.05) is 47.4 Å². The van der Waals surface area contributed by atoms with Crippen molar-refractivity contribution in [2.24, 2.45) is 0 Å². The minimum Gasteiger partial charge on any atom is -0.423 e. The number of amides is 1. The molecule has 0 saturated carbocycles. The molecule has 0 spiro atoms. The van der Waals surface area contributed by atoms with Crippen LogP contribution in [-0.4, -0.2) is 32.5 Å². The van der Waals surface area contributed by atoms with Crippen LogP contribution in [0.3, 0.4) is 0 Å². The van der Waals surface area contributed by atoms with Crippen LogP contribution in [0, 0.1) is 0 Å². The van der Waals surface area contributed by atoms with E-state index in [4.69, 9.17) is 9.40 Å². The fourth-order valence-electron chi connectivity index (χ4n) is 3.52. The second kappa shape index (κ2) is 6.59. The van der Waals surface area contributed by atoms with Crippen molar-refractivity contribution in [1.29, 1.82) is 0 Å². The molecule has 6 nitrogen and oxygen atoms in total. The standard InChI is InChI=1S/C20H16N4O2S/c25-20(14-9-7-13(8-10-14)18-23-21-12-26-18)24-11-3-5-16(24)19-22-15-4-1-2-6-17(15)27-19/h1-2,4,6-10,12,16H,3,5,11H2. The first-order valence-electron chi connectivity index (χ1n) is 8.82. The van der Waals surface area contributed by atoms with Crippen LogP contribution in [-0.2, 0) is 0 Å². The quantitative estimate of drug-likeness (QED) is 0.532. The zero-order valence-corrected chi connectivity index (χ0v) is 15.2. The molecule has 0 aliphatic carbocycles. The van der Waals surface area contributed by atoms with Gasteiger partial charge in [0.2, 0.25) is 12.3 Å². The number of nitrogens with zero attached hydrogens (tertiary/aromatic N) is 4. The normalized spacial score (nSPS) is 16.9. The van der Waals surface area contributed by atoms with Gasteiger partial charge in [-0.25, -0.2) is 4.98 Å². The molecule has 7 heteroatoms. The molecule has 0 bridgehead atoms. The van der Waals surface area contributed by atoms with E-state index < -0.39 is 0 Å². The highest BCUT2D eigenvalue weighted by Gasteiger charge is 2.32. The Morgan fingerprint density at radius 2 is 2.00 bits per heavy atom. The van der Waals surface area contributed by atoms with Gasteiger partial charge in [0.25, 0.3) is 5.91 Å². The summed E-state index contributed by atoms with van der Waals surface area (Å²) >= 11 is 1.68. The van der Waals surface area contributed by atoms with Crippen LogP contribution in [0.5, 0.6) is 0 Å². The molecule has 1 unspecified atom stereocenters. The summed E-state index contributed by atoms with van der Waals surface area (Å²) in [6.45, 7) is 0.755. The lowest BCUT2D eigenvalue weighted by Gasteiger charge is -2.23. The molecule has 2 aromatic heterocycles. The third-order valence-corrected chi connectivity index (χ3v) is 5.99. The van der Waals surface area contributed by atoms with Crippen molar-refractivity contribution in [3.05, 3.63) is 65.5 Å². The molecule has 134 valence electrons. The molecule has 0 N–H and O–H groups in total. The number of likely N-dealkylation sites (tertiary alicyclic amines) is 1. The van der Waals surface area contributed by atoms with E-state index in [0.717, 1.165) is 40.2 Å². The highest BCUT2D eigenvalue weighted by molar-refractivity contribution is 7.18. The molecular weight excluding hydrogens is 360 g/mol. The van der Waals surface area contributed by atoms with Crippen molar-refractivity contribution in [3.63, 3.8) is 0 Å². The molecule has 3 heterocycles. The lowest BCUT2D eigenvalue weighted by atomic mass is 10.1. The Balaban J connectivity index is 1.41. The van der Waals surface area contributed by atoms with Gasteiger partial charge < -0.3 is 9.32 Å². The fraction of sp³-hybridized carbons (Fsp3) is 0.200. The maximum Gasteiger partial charge on any atom is 0.254 e. The van der Waals surface area contributed by atoms with Gasteiger partial charge in [0.1, 0.15) is 5.01 Å². The number of para-hydroxylation sites is 1. The van der Waals surface area contributed by atoms with Gasteiger partial charge in [0.05, 0.1) is 16.3 Å². The number of rotatable bonds is 3. The topological polar surface area (TPSA) is 72.1 Å². The Bertz CT molecular complexity index is 1060. The van der Waals surface area contributed by atoms with Gasteiger partial charge in [0.15, 0.2) is 0 Å². The average Bonchev–Trinajstić information content (AvgIpc) is 3.47. The van der Waals surface area contributed by atoms with Gasteiger partial charge in [-0.3, -0.25) is 4.79 Å². The lowest BCUT2D eigenvalue weighted by Crippen LogP contribution is -2.30. The van der Waals surface area contributed by atoms with Crippen molar-refractivity contribution in [2.75, 3.05) is 6.54 Å². The van der Waals surface area contributed by atoms with Gasteiger partial charge in [-0.2, -0.15) is 0 Å². The first-order chi connectivity index (χ1) is 13.3. The van der Waals surface area contributed by atoms with Gasteiger partial charge >= 0.3 is 0 Å². The van der Waals surface area contributed by atoms with Crippen LogP contribution in [0.4, 0.5) is 0 Å². The molecule has 1 saturated heterocycles. The van der Waals surface area contributed by atoms with Crippen LogP contribution < -0.4 is 0 Å². The number of hydrogen-bond donors (Lipinski definition) is 0. The minimum absolute atomic E-state index is 0.0360. The zero-order chi connectivity index (χ0) is 18.2. The van der Waals surface area contributed by atoms with Crippen molar-refractivity contribution >= 4 is 27.5 Å². The second-order valence-corrected chi connectivity index (χ2v) is 7.56. The molecule has 1 aliphatic rings. The van der Waals surface area contributed by atoms with Crippen LogP contribution in [0.2, 0.25) is 0 Å². The molecule has 1 atom stereocenters. The molecular formula is C20H16N4O2S. The minimum atomic E-state index is 0.0360. The summed E-state index contributed by atoms with van der Waals surface area (Å²) in [4.78, 5) is 19.8. The first-order valence-corrected chi connectivity index (χ1v) is 9.64. The zero-order valence-electron chi connectivity index (χ0n) is 14.4. The lowest BCUT2D eigenvalue weighted by molar-refractivity contribution is 0.0735. The Hall–Kier alpha value is -3.06. The Kier molecular flexibility index (Phi) is 3.94. The fourth-order valence-corrected chi connectivity index (χ4v) is 4.63. The van der Waals surface area contributed by atoms with E-state index in [2.05, 4.69) is 16.3 Å². The van der Waals surface area contributed by atoms with Crippen molar-refractivity contribution in [3.8, 4) is 11.5 Å². The largest absolute Gasteiger partial charge is 0.423 e. The van der Waals surface area contributed by atoms with E-state index in [-0.39, 0.29) is 11.9 Å². The van der Waals surface area contributed by atoms with Gasteiger partial charge in [-0.05, 0) is 49.2 Å². The second-order valence-electron chi connectivity index (χ2n) is 6.50. The van der Waals surface area contributed by atoms with E-state index in [1.165, 1.54) is 6.39 Å². The Morgan fingerprint density at radius 3 is 2.78 bits per heavy atom. The van der Waals surface area contributed by atoms with Gasteiger partial charge in [-0.1, -0.05) is 12.1 Å². The third-order valence-electron chi connectivity index (χ3n) is 4.85. The van der Waals surface area contributed by atoms with Crippen molar-refractivity contribution < 1.29 is 9.21 Å². The first kappa shape index (κ1) is 16.1. The summed E-state index contributed by atoms with van der Waals surface area (Å²) in [6.07, 6.45) is 3.24. The maximum atomic E-state index is 13.1. The molecule has 5 rings (SSSR count). The number of aromatic nitrogens is 3. The summed E-state index contributed by atoms with van der Waals surface area (Å²) in [5.74, 6) is 0.483. The summed E-state index contributed by atoms with van der Waals surface area (Å²) in [7, 11) is 0. The highest BCUT2D eigenvalue weighted by Crippen LogP contribution is 2.37. The summed E-state index contributed by atoms with van der Waals surface area (Å²) in [6, 6.07) is 15.5. The van der Waals surface area contributed by atoms with Gasteiger partial charge in [-0.15, -0.1) is 21.5 Å². The number of benzene rings is 2. The smallest absolute Gasteiger partial charge is 0.254 e. The van der Waals surface area contributed by atoms with Crippen molar-refractivity contribution in [2.45, 2.75) is 18.9 Å². The van der Waals surface area contributed by atoms with Gasteiger partial charge in [0, 0.05) is 17.7 Å². The predicted octanol–water partition coefficient (Wildman–Crippen LogP) is 4.32. The van der Waals surface area contributed by atoms with E-state index in [0.29, 0.717) is 11.5 Å². The van der Waals surface area contributed by atoms with Crippen LogP contribution in [0.15, 0.2) is 59.3 Å². The molecule has 4 aromatic rings. The number of hydrogen-bond acceptors (Lipinski definition) is 6. The van der Waals surface area contributed by atoms with Crippen LogP contribution in [0.1, 0.15) is 34.2 Å². The Labute approximate surface area is 159 Å². The number of carbonyl (C=O) groups is 1. The Morgan fingerprint density at radius 1 is 1.15 bits per heavy atom. The molecule has 2 aromatic carbocycles. The molecule has 1 aliphatic heterocycles. The number of fused-ring (bicyclic) bond motifs is 1.